The predicted molar refractivity (Wildman–Crippen MR) is 87.7 cm³/mol. The van der Waals surface area contributed by atoms with Crippen molar-refractivity contribution in [2.75, 3.05) is 0 Å². The van der Waals surface area contributed by atoms with E-state index in [0.29, 0.717) is 11.1 Å². The third kappa shape index (κ3) is 2.25. The number of allylic oxidation sites excluding steroid dienone is 1. The summed E-state index contributed by atoms with van der Waals surface area (Å²) in [6.45, 7) is 9.40. The highest BCUT2D eigenvalue weighted by molar-refractivity contribution is 5.93. The molecule has 0 aromatic carbocycles. The quantitative estimate of drug-likeness (QED) is 0.621. The second kappa shape index (κ2) is 5.45. The van der Waals surface area contributed by atoms with Crippen molar-refractivity contribution >= 4 is 11.9 Å². The van der Waals surface area contributed by atoms with Gasteiger partial charge in [0.25, 0.3) is 0 Å². The maximum absolute atomic E-state index is 12.3. The molecule has 1 N–H and O–H groups in total. The van der Waals surface area contributed by atoms with Gasteiger partial charge in [-0.25, -0.2) is 4.79 Å². The number of hydrogen-bond acceptors (Lipinski definition) is 5. The standard InChI is InChI=1S/C19H26O5/c1-10(2)16(20)23-15-14-12(4)17(21)24-19(14,22)9-13-8-6-7-11(3)18(13,15)5/h8,10-11,15,22H,6-7,9H2,1-5H3. The second-order valence-corrected chi connectivity index (χ2v) is 7.85. The molecule has 1 fully saturated rings. The van der Waals surface area contributed by atoms with Crippen LogP contribution in [0.3, 0.4) is 0 Å². The van der Waals surface area contributed by atoms with Crippen molar-refractivity contribution in [2.45, 2.75) is 65.8 Å². The molecule has 5 heteroatoms. The van der Waals surface area contributed by atoms with E-state index in [9.17, 15) is 14.7 Å². The van der Waals surface area contributed by atoms with Gasteiger partial charge in [-0.1, -0.05) is 39.3 Å². The van der Waals surface area contributed by atoms with Gasteiger partial charge in [0.05, 0.1) is 11.5 Å². The Labute approximate surface area is 142 Å². The van der Waals surface area contributed by atoms with Gasteiger partial charge in [-0.05, 0) is 25.7 Å². The van der Waals surface area contributed by atoms with Crippen LogP contribution in [0.5, 0.6) is 0 Å². The van der Waals surface area contributed by atoms with E-state index in [2.05, 4.69) is 19.9 Å². The molecule has 3 aliphatic rings. The Morgan fingerprint density at radius 2 is 2.12 bits per heavy atom. The Hall–Kier alpha value is -1.62. The zero-order chi connectivity index (χ0) is 17.9. The number of esters is 2. The van der Waals surface area contributed by atoms with E-state index in [1.807, 2.05) is 0 Å². The number of hydrogen-bond donors (Lipinski definition) is 1. The maximum Gasteiger partial charge on any atom is 0.336 e. The first kappa shape index (κ1) is 17.2. The van der Waals surface area contributed by atoms with Crippen LogP contribution in [0, 0.1) is 17.3 Å². The molecule has 0 bridgehead atoms. The maximum atomic E-state index is 12.3. The van der Waals surface area contributed by atoms with Crippen molar-refractivity contribution in [2.24, 2.45) is 17.3 Å². The van der Waals surface area contributed by atoms with Crippen LogP contribution >= 0.6 is 0 Å². The van der Waals surface area contributed by atoms with Gasteiger partial charge in [0.15, 0.2) is 0 Å². The zero-order valence-corrected chi connectivity index (χ0v) is 15.0. The van der Waals surface area contributed by atoms with Crippen molar-refractivity contribution in [3.8, 4) is 0 Å². The third-order valence-electron chi connectivity index (χ3n) is 6.04. The number of aliphatic hydroxyl groups is 1. The molecule has 1 aliphatic heterocycles. The first-order chi connectivity index (χ1) is 11.1. The first-order valence-electron chi connectivity index (χ1n) is 8.68. The minimum Gasteiger partial charge on any atom is -0.456 e. The Morgan fingerprint density at radius 3 is 2.75 bits per heavy atom. The number of fused-ring (bicyclic) bond motifs is 2. The normalized spacial score (nSPS) is 38.5. The van der Waals surface area contributed by atoms with Gasteiger partial charge in [-0.15, -0.1) is 0 Å². The lowest BCUT2D eigenvalue weighted by molar-refractivity contribution is -0.199. The van der Waals surface area contributed by atoms with Gasteiger partial charge >= 0.3 is 11.9 Å². The zero-order valence-electron chi connectivity index (χ0n) is 15.0. The van der Waals surface area contributed by atoms with Gasteiger partial charge in [0.2, 0.25) is 5.79 Å². The largest absolute Gasteiger partial charge is 0.456 e. The summed E-state index contributed by atoms with van der Waals surface area (Å²) in [4.78, 5) is 24.4. The molecule has 0 aromatic heterocycles. The van der Waals surface area contributed by atoms with E-state index < -0.39 is 23.3 Å². The molecule has 0 aromatic rings. The van der Waals surface area contributed by atoms with Gasteiger partial charge in [-0.3, -0.25) is 4.79 Å². The van der Waals surface area contributed by atoms with Crippen LogP contribution in [0.25, 0.3) is 0 Å². The fourth-order valence-electron chi connectivity index (χ4n) is 4.25. The number of ether oxygens (including phenoxy) is 2. The molecule has 2 aliphatic carbocycles. The SMILES string of the molecule is CC1=C2C(OC(=O)C(C)C)C3(C)C(=CCCC3C)CC2(O)OC1=O. The lowest BCUT2D eigenvalue weighted by Crippen LogP contribution is -2.55. The van der Waals surface area contributed by atoms with Crippen LogP contribution in [-0.2, 0) is 19.1 Å². The topological polar surface area (TPSA) is 72.8 Å². The molecule has 0 saturated heterocycles. The van der Waals surface area contributed by atoms with Crippen LogP contribution in [-0.4, -0.2) is 28.9 Å². The van der Waals surface area contributed by atoms with E-state index >= 15 is 0 Å². The molecule has 24 heavy (non-hydrogen) atoms. The molecule has 0 spiro atoms. The van der Waals surface area contributed by atoms with Gasteiger partial charge < -0.3 is 14.6 Å². The monoisotopic (exact) mass is 334 g/mol. The molecule has 1 saturated carbocycles. The molecule has 0 amide bonds. The number of rotatable bonds is 2. The van der Waals surface area contributed by atoms with Crippen molar-refractivity contribution in [1.29, 1.82) is 0 Å². The molecule has 5 nitrogen and oxygen atoms in total. The lowest BCUT2D eigenvalue weighted by Gasteiger charge is -2.52. The van der Waals surface area contributed by atoms with Gasteiger partial charge in [0.1, 0.15) is 6.10 Å². The fraction of sp³-hybridized carbons (Fsp3) is 0.684. The first-order valence-corrected chi connectivity index (χ1v) is 8.68. The summed E-state index contributed by atoms with van der Waals surface area (Å²) >= 11 is 0. The van der Waals surface area contributed by atoms with E-state index in [1.165, 1.54) is 0 Å². The van der Waals surface area contributed by atoms with Crippen molar-refractivity contribution in [1.82, 2.24) is 0 Å². The summed E-state index contributed by atoms with van der Waals surface area (Å²) in [5.41, 5.74) is 1.36. The van der Waals surface area contributed by atoms with Gasteiger partial charge in [0, 0.05) is 17.4 Å². The number of carbonyl (C=O) groups is 2. The summed E-state index contributed by atoms with van der Waals surface area (Å²) in [5, 5.41) is 11.0. The Balaban J connectivity index is 2.16. The highest BCUT2D eigenvalue weighted by Crippen LogP contribution is 2.58. The molecule has 0 radical (unpaired) electrons. The van der Waals surface area contributed by atoms with Gasteiger partial charge in [-0.2, -0.15) is 0 Å². The smallest absolute Gasteiger partial charge is 0.336 e. The molecular weight excluding hydrogens is 308 g/mol. The summed E-state index contributed by atoms with van der Waals surface area (Å²) in [6, 6.07) is 0. The number of carbonyl (C=O) groups excluding carboxylic acids is 2. The highest BCUT2D eigenvalue weighted by Gasteiger charge is 2.62. The lowest BCUT2D eigenvalue weighted by atomic mass is 9.56. The molecule has 3 rings (SSSR count). The third-order valence-corrected chi connectivity index (χ3v) is 6.04. The Kier molecular flexibility index (Phi) is 3.91. The summed E-state index contributed by atoms with van der Waals surface area (Å²) in [5.74, 6) is -2.57. The summed E-state index contributed by atoms with van der Waals surface area (Å²) in [6.07, 6.45) is 3.57. The van der Waals surface area contributed by atoms with Crippen LogP contribution in [0.4, 0.5) is 0 Å². The Bertz CT molecular complexity index is 659. The van der Waals surface area contributed by atoms with Crippen LogP contribution in [0.15, 0.2) is 22.8 Å². The minimum absolute atomic E-state index is 0.252. The molecule has 132 valence electrons. The molecule has 4 unspecified atom stereocenters. The summed E-state index contributed by atoms with van der Waals surface area (Å²) < 4.78 is 11.1. The molecular formula is C19H26O5. The van der Waals surface area contributed by atoms with E-state index in [1.54, 1.807) is 20.8 Å². The van der Waals surface area contributed by atoms with E-state index in [0.717, 1.165) is 18.4 Å². The van der Waals surface area contributed by atoms with Crippen LogP contribution in [0.2, 0.25) is 0 Å². The van der Waals surface area contributed by atoms with Crippen LogP contribution in [0.1, 0.15) is 53.9 Å². The molecule has 1 heterocycles. The predicted octanol–water partition coefficient (Wildman–Crippen LogP) is 2.88. The van der Waals surface area contributed by atoms with E-state index in [4.69, 9.17) is 9.47 Å². The van der Waals surface area contributed by atoms with E-state index in [-0.39, 0.29) is 24.2 Å². The fourth-order valence-corrected chi connectivity index (χ4v) is 4.25. The highest BCUT2D eigenvalue weighted by atomic mass is 16.7. The Morgan fingerprint density at radius 1 is 1.46 bits per heavy atom. The second-order valence-electron chi connectivity index (χ2n) is 7.85. The van der Waals surface area contributed by atoms with Crippen molar-refractivity contribution < 1.29 is 24.2 Å². The minimum atomic E-state index is -1.69. The summed E-state index contributed by atoms with van der Waals surface area (Å²) in [7, 11) is 0. The average Bonchev–Trinajstić information content (AvgIpc) is 2.71. The van der Waals surface area contributed by atoms with Crippen molar-refractivity contribution in [3.05, 3.63) is 22.8 Å². The van der Waals surface area contributed by atoms with Crippen LogP contribution < -0.4 is 0 Å². The average molecular weight is 334 g/mol. The van der Waals surface area contributed by atoms with Crippen molar-refractivity contribution in [3.63, 3.8) is 0 Å². The molecule has 4 atom stereocenters.